The molecule has 0 fully saturated rings. The van der Waals surface area contributed by atoms with Gasteiger partial charge in [-0.15, -0.1) is 0 Å². The van der Waals surface area contributed by atoms with Gasteiger partial charge in [0.2, 0.25) is 11.8 Å². The molecule has 0 atom stereocenters. The summed E-state index contributed by atoms with van der Waals surface area (Å²) in [7, 11) is 1.61. The van der Waals surface area contributed by atoms with Crippen LogP contribution in [0.1, 0.15) is 18.9 Å². The van der Waals surface area contributed by atoms with Crippen LogP contribution in [-0.4, -0.2) is 30.5 Å². The largest absolute Gasteiger partial charge is 0.497 e. The summed E-state index contributed by atoms with van der Waals surface area (Å²) in [4.78, 5) is 30.5. The van der Waals surface area contributed by atoms with Crippen molar-refractivity contribution < 1.29 is 14.3 Å². The molecule has 1 aromatic heterocycles. The molecule has 0 radical (unpaired) electrons. The Hall–Kier alpha value is -3.41. The third-order valence-electron chi connectivity index (χ3n) is 4.49. The first-order valence-corrected chi connectivity index (χ1v) is 9.10. The van der Waals surface area contributed by atoms with E-state index in [1.165, 1.54) is 6.92 Å². The van der Waals surface area contributed by atoms with Crippen molar-refractivity contribution in [2.24, 2.45) is 0 Å². The molecule has 0 saturated carbocycles. The number of anilines is 1. The van der Waals surface area contributed by atoms with Gasteiger partial charge in [0.05, 0.1) is 18.3 Å². The van der Waals surface area contributed by atoms with Crippen LogP contribution >= 0.6 is 0 Å². The maximum atomic E-state index is 12.3. The van der Waals surface area contributed by atoms with Crippen LogP contribution in [-0.2, 0) is 16.1 Å². The highest BCUT2D eigenvalue weighted by molar-refractivity contribution is 6.01. The van der Waals surface area contributed by atoms with Crippen LogP contribution in [0.3, 0.4) is 0 Å². The highest BCUT2D eigenvalue weighted by Gasteiger charge is 2.16. The van der Waals surface area contributed by atoms with Gasteiger partial charge in [-0.25, -0.2) is 0 Å². The second kappa shape index (κ2) is 8.99. The highest BCUT2D eigenvalue weighted by Crippen LogP contribution is 2.25. The molecule has 0 saturated heterocycles. The number of benzene rings is 2. The van der Waals surface area contributed by atoms with Gasteiger partial charge in [0.1, 0.15) is 5.75 Å². The molecular formula is C22H23N3O3. The number of hydrogen-bond acceptors (Lipinski definition) is 4. The lowest BCUT2D eigenvalue weighted by Crippen LogP contribution is -2.34. The zero-order valence-corrected chi connectivity index (χ0v) is 16.0. The molecule has 1 N–H and O–H groups in total. The molecule has 0 spiro atoms. The van der Waals surface area contributed by atoms with Crippen LogP contribution in [0, 0.1) is 0 Å². The van der Waals surface area contributed by atoms with E-state index in [1.54, 1.807) is 18.2 Å². The average Bonchev–Trinajstić information content (AvgIpc) is 2.72. The Labute approximate surface area is 164 Å². The van der Waals surface area contributed by atoms with Crippen molar-refractivity contribution in [1.82, 2.24) is 10.3 Å². The molecule has 0 aliphatic heterocycles. The molecule has 3 rings (SSSR count). The second-order valence-electron chi connectivity index (χ2n) is 6.40. The minimum Gasteiger partial charge on any atom is -0.497 e. The summed E-state index contributed by atoms with van der Waals surface area (Å²) in [6, 6.07) is 17.0. The highest BCUT2D eigenvalue weighted by atomic mass is 16.5. The number of fused-ring (bicyclic) bond motifs is 1. The Bertz CT molecular complexity index is 965. The first kappa shape index (κ1) is 19.4. The van der Waals surface area contributed by atoms with Gasteiger partial charge in [-0.05, 0) is 29.8 Å². The number of hydrogen-bond donors (Lipinski definition) is 1. The van der Waals surface area contributed by atoms with Crippen molar-refractivity contribution in [1.29, 1.82) is 0 Å². The van der Waals surface area contributed by atoms with Crippen LogP contribution in [0.25, 0.3) is 10.9 Å². The van der Waals surface area contributed by atoms with E-state index in [4.69, 9.17) is 4.74 Å². The number of methoxy groups -OCH3 is 1. The Morgan fingerprint density at radius 2 is 1.82 bits per heavy atom. The van der Waals surface area contributed by atoms with Crippen molar-refractivity contribution in [3.63, 3.8) is 0 Å². The average molecular weight is 377 g/mol. The summed E-state index contributed by atoms with van der Waals surface area (Å²) in [6.07, 6.45) is 1.91. The number of ether oxygens (including phenoxy) is 1. The molecule has 6 nitrogen and oxygen atoms in total. The molecule has 0 bridgehead atoms. The summed E-state index contributed by atoms with van der Waals surface area (Å²) in [5.74, 6) is 0.534. The maximum Gasteiger partial charge on any atom is 0.223 e. The van der Waals surface area contributed by atoms with Gasteiger partial charge in [0, 0.05) is 38.0 Å². The third kappa shape index (κ3) is 4.65. The third-order valence-corrected chi connectivity index (χ3v) is 4.49. The van der Waals surface area contributed by atoms with Gasteiger partial charge in [-0.1, -0.05) is 30.3 Å². The number of rotatable bonds is 7. The van der Waals surface area contributed by atoms with Gasteiger partial charge >= 0.3 is 0 Å². The Balaban J connectivity index is 1.63. The lowest BCUT2D eigenvalue weighted by molar-refractivity contribution is -0.121. The number of pyridine rings is 1. The van der Waals surface area contributed by atoms with Crippen molar-refractivity contribution in [2.75, 3.05) is 18.6 Å². The molecule has 3 aromatic rings. The van der Waals surface area contributed by atoms with Crippen LogP contribution < -0.4 is 15.0 Å². The van der Waals surface area contributed by atoms with Crippen LogP contribution in [0.5, 0.6) is 5.75 Å². The molecule has 1 heterocycles. The SMILES string of the molecule is COc1ccc(CNC(=O)CCN(C(C)=O)c2cccc3cccnc23)cc1. The van der Waals surface area contributed by atoms with Gasteiger partial charge in [-0.2, -0.15) is 0 Å². The fourth-order valence-corrected chi connectivity index (χ4v) is 3.00. The summed E-state index contributed by atoms with van der Waals surface area (Å²) < 4.78 is 5.12. The van der Waals surface area contributed by atoms with E-state index in [1.807, 2.05) is 54.6 Å². The van der Waals surface area contributed by atoms with E-state index in [-0.39, 0.29) is 18.2 Å². The number of carbonyl (C=O) groups is 2. The quantitative estimate of drug-likeness (QED) is 0.686. The Morgan fingerprint density at radius 1 is 1.07 bits per heavy atom. The van der Waals surface area contributed by atoms with Crippen molar-refractivity contribution >= 4 is 28.4 Å². The van der Waals surface area contributed by atoms with E-state index >= 15 is 0 Å². The lowest BCUT2D eigenvalue weighted by atomic mass is 10.1. The summed E-state index contributed by atoms with van der Waals surface area (Å²) in [6.45, 7) is 2.22. The Morgan fingerprint density at radius 3 is 2.54 bits per heavy atom. The number of nitrogens with one attached hydrogen (secondary N) is 1. The lowest BCUT2D eigenvalue weighted by Gasteiger charge is -2.22. The summed E-state index contributed by atoms with van der Waals surface area (Å²) in [5, 5.41) is 3.84. The van der Waals surface area contributed by atoms with E-state index in [2.05, 4.69) is 10.3 Å². The first-order valence-electron chi connectivity index (χ1n) is 9.10. The van der Waals surface area contributed by atoms with Gasteiger partial charge < -0.3 is 15.0 Å². The fourth-order valence-electron chi connectivity index (χ4n) is 3.00. The smallest absolute Gasteiger partial charge is 0.223 e. The molecule has 0 unspecified atom stereocenters. The predicted molar refractivity (Wildman–Crippen MR) is 109 cm³/mol. The molecule has 144 valence electrons. The molecule has 0 aliphatic rings. The molecular weight excluding hydrogens is 354 g/mol. The molecule has 28 heavy (non-hydrogen) atoms. The van der Waals surface area contributed by atoms with Gasteiger partial charge in [-0.3, -0.25) is 14.6 Å². The fraction of sp³-hybridized carbons (Fsp3) is 0.227. The topological polar surface area (TPSA) is 71.5 Å². The molecule has 2 aromatic carbocycles. The number of amides is 2. The van der Waals surface area contributed by atoms with E-state index in [0.29, 0.717) is 18.8 Å². The molecule has 2 amide bonds. The molecule has 6 heteroatoms. The van der Waals surface area contributed by atoms with E-state index in [0.717, 1.165) is 22.2 Å². The number of nitrogens with zero attached hydrogens (tertiary/aromatic N) is 2. The van der Waals surface area contributed by atoms with Crippen molar-refractivity contribution in [3.05, 3.63) is 66.4 Å². The zero-order chi connectivity index (χ0) is 19.9. The number of aromatic nitrogens is 1. The Kier molecular flexibility index (Phi) is 6.22. The number of carbonyl (C=O) groups excluding carboxylic acids is 2. The minimum absolute atomic E-state index is 0.115. The standard InChI is InChI=1S/C22H23N3O3/c1-16(26)25(20-7-3-5-18-6-4-13-23-22(18)20)14-12-21(27)24-15-17-8-10-19(28-2)11-9-17/h3-11,13H,12,14-15H2,1-2H3,(H,24,27). The van der Waals surface area contributed by atoms with Crippen molar-refractivity contribution in [3.8, 4) is 5.75 Å². The molecule has 0 aliphatic carbocycles. The maximum absolute atomic E-state index is 12.3. The van der Waals surface area contributed by atoms with E-state index < -0.39 is 0 Å². The van der Waals surface area contributed by atoms with Crippen LogP contribution in [0.4, 0.5) is 5.69 Å². The monoisotopic (exact) mass is 377 g/mol. The summed E-state index contributed by atoms with van der Waals surface area (Å²) in [5.41, 5.74) is 2.45. The predicted octanol–water partition coefficient (Wildman–Crippen LogP) is 3.30. The van der Waals surface area contributed by atoms with Crippen LogP contribution in [0.15, 0.2) is 60.8 Å². The van der Waals surface area contributed by atoms with Gasteiger partial charge in [0.15, 0.2) is 0 Å². The summed E-state index contributed by atoms with van der Waals surface area (Å²) >= 11 is 0. The minimum atomic E-state index is -0.124. The van der Waals surface area contributed by atoms with Crippen LogP contribution in [0.2, 0.25) is 0 Å². The second-order valence-corrected chi connectivity index (χ2v) is 6.40. The van der Waals surface area contributed by atoms with Gasteiger partial charge in [0.25, 0.3) is 0 Å². The first-order chi connectivity index (χ1) is 13.6. The van der Waals surface area contributed by atoms with Crippen molar-refractivity contribution in [2.45, 2.75) is 19.9 Å². The zero-order valence-electron chi connectivity index (χ0n) is 16.0. The number of para-hydroxylation sites is 1. The van der Waals surface area contributed by atoms with E-state index in [9.17, 15) is 9.59 Å². The normalized spacial score (nSPS) is 10.5.